The number of aromatic amines is 1. The molecule has 160 valence electrons. The van der Waals surface area contributed by atoms with E-state index in [-0.39, 0.29) is 23.6 Å². The molecule has 30 heavy (non-hydrogen) atoms. The summed E-state index contributed by atoms with van der Waals surface area (Å²) in [6.45, 7) is 5.52. The second-order valence-electron chi connectivity index (χ2n) is 7.44. The highest BCUT2D eigenvalue weighted by Gasteiger charge is 2.29. The maximum absolute atomic E-state index is 12.9. The Morgan fingerprint density at radius 2 is 2.13 bits per heavy atom. The van der Waals surface area contributed by atoms with E-state index in [1.807, 2.05) is 18.1 Å². The van der Waals surface area contributed by atoms with E-state index in [1.165, 1.54) is 6.92 Å². The van der Waals surface area contributed by atoms with Gasteiger partial charge in [0.25, 0.3) is 5.91 Å². The van der Waals surface area contributed by atoms with Crippen molar-refractivity contribution in [2.45, 2.75) is 45.1 Å². The number of rotatable bonds is 7. The maximum atomic E-state index is 12.9. The quantitative estimate of drug-likeness (QED) is 0.592. The first kappa shape index (κ1) is 21.3. The van der Waals surface area contributed by atoms with Gasteiger partial charge >= 0.3 is 0 Å². The SMILES string of the molecule is C=C(NC(C)=O)C(=O)Nc1cc([C@H]2CCCCN2C(=O)CCc2cnn(C)c2)[nH]n1. The second kappa shape index (κ2) is 9.38. The highest BCUT2D eigenvalue weighted by atomic mass is 16.2. The van der Waals surface area contributed by atoms with Gasteiger partial charge in [-0.1, -0.05) is 6.58 Å². The van der Waals surface area contributed by atoms with E-state index in [4.69, 9.17) is 0 Å². The minimum atomic E-state index is -0.545. The van der Waals surface area contributed by atoms with Crippen LogP contribution in [-0.4, -0.2) is 49.1 Å². The van der Waals surface area contributed by atoms with Crippen molar-refractivity contribution < 1.29 is 14.4 Å². The van der Waals surface area contributed by atoms with Gasteiger partial charge in [-0.05, 0) is 31.2 Å². The Morgan fingerprint density at radius 1 is 1.33 bits per heavy atom. The van der Waals surface area contributed by atoms with Crippen LogP contribution in [0.2, 0.25) is 0 Å². The molecule has 0 saturated carbocycles. The fourth-order valence-corrected chi connectivity index (χ4v) is 3.58. The van der Waals surface area contributed by atoms with Crippen molar-refractivity contribution >= 4 is 23.5 Å². The zero-order valence-electron chi connectivity index (χ0n) is 17.3. The van der Waals surface area contributed by atoms with Crippen molar-refractivity contribution in [2.24, 2.45) is 7.05 Å². The lowest BCUT2D eigenvalue weighted by Crippen LogP contribution is -2.38. The van der Waals surface area contributed by atoms with Crippen LogP contribution in [0, 0.1) is 0 Å². The average Bonchev–Trinajstić information content (AvgIpc) is 3.34. The number of hydrogen-bond acceptors (Lipinski definition) is 5. The van der Waals surface area contributed by atoms with E-state index in [1.54, 1.807) is 16.9 Å². The molecule has 3 heterocycles. The van der Waals surface area contributed by atoms with Crippen molar-refractivity contribution in [1.29, 1.82) is 0 Å². The number of aromatic nitrogens is 4. The molecule has 1 aliphatic rings. The Morgan fingerprint density at radius 3 is 2.83 bits per heavy atom. The Hall–Kier alpha value is -3.43. The number of amides is 3. The molecule has 10 nitrogen and oxygen atoms in total. The van der Waals surface area contributed by atoms with Crippen LogP contribution in [0.15, 0.2) is 30.7 Å². The standard InChI is InChI=1S/C20H27N7O3/c1-13(22-14(2)28)20(30)23-18-10-16(24-25-18)17-6-4-5-9-27(17)19(29)8-7-15-11-21-26(3)12-15/h10-12,17H,1,4-9H2,2-3H3,(H,22,28)(H2,23,24,25,30)/t17-/m1/s1. The van der Waals surface area contributed by atoms with Gasteiger partial charge in [-0.15, -0.1) is 0 Å². The molecule has 0 bridgehead atoms. The molecule has 2 aromatic heterocycles. The van der Waals surface area contributed by atoms with E-state index in [0.29, 0.717) is 25.2 Å². The first-order valence-electron chi connectivity index (χ1n) is 9.93. The lowest BCUT2D eigenvalue weighted by atomic mass is 9.98. The van der Waals surface area contributed by atoms with Crippen LogP contribution in [0.5, 0.6) is 0 Å². The molecular weight excluding hydrogens is 386 g/mol. The fraction of sp³-hybridized carbons (Fsp3) is 0.450. The summed E-state index contributed by atoms with van der Waals surface area (Å²) >= 11 is 0. The first-order valence-corrected chi connectivity index (χ1v) is 9.93. The van der Waals surface area contributed by atoms with E-state index in [9.17, 15) is 14.4 Å². The molecule has 10 heteroatoms. The summed E-state index contributed by atoms with van der Waals surface area (Å²) in [5.41, 5.74) is 1.74. The molecule has 0 aromatic carbocycles. The van der Waals surface area contributed by atoms with Crippen LogP contribution in [0.4, 0.5) is 5.82 Å². The van der Waals surface area contributed by atoms with Crippen molar-refractivity contribution in [2.75, 3.05) is 11.9 Å². The predicted octanol–water partition coefficient (Wildman–Crippen LogP) is 1.42. The average molecular weight is 413 g/mol. The monoisotopic (exact) mass is 413 g/mol. The Balaban J connectivity index is 1.63. The molecule has 3 N–H and O–H groups in total. The summed E-state index contributed by atoms with van der Waals surface area (Å²) in [4.78, 5) is 37.9. The van der Waals surface area contributed by atoms with E-state index in [2.05, 4.69) is 32.5 Å². The van der Waals surface area contributed by atoms with Gasteiger partial charge in [0.15, 0.2) is 5.82 Å². The van der Waals surface area contributed by atoms with Gasteiger partial charge in [-0.3, -0.25) is 24.2 Å². The molecular formula is C20H27N7O3. The predicted molar refractivity (Wildman–Crippen MR) is 110 cm³/mol. The van der Waals surface area contributed by atoms with Crippen LogP contribution in [0.25, 0.3) is 0 Å². The summed E-state index contributed by atoms with van der Waals surface area (Å²) < 4.78 is 1.73. The molecule has 0 unspecified atom stereocenters. The van der Waals surface area contributed by atoms with Gasteiger partial charge in [-0.2, -0.15) is 10.2 Å². The zero-order valence-corrected chi connectivity index (χ0v) is 17.3. The molecule has 1 fully saturated rings. The van der Waals surface area contributed by atoms with Crippen LogP contribution in [0.1, 0.15) is 49.9 Å². The van der Waals surface area contributed by atoms with Crippen molar-refractivity contribution in [3.8, 4) is 0 Å². The zero-order chi connectivity index (χ0) is 21.7. The van der Waals surface area contributed by atoms with Crippen LogP contribution in [-0.2, 0) is 27.9 Å². The summed E-state index contributed by atoms with van der Waals surface area (Å²) in [5, 5.41) is 16.1. The van der Waals surface area contributed by atoms with E-state index < -0.39 is 5.91 Å². The van der Waals surface area contributed by atoms with Gasteiger partial charge in [0.1, 0.15) is 0 Å². The van der Waals surface area contributed by atoms with Crippen LogP contribution < -0.4 is 10.6 Å². The third-order valence-corrected chi connectivity index (χ3v) is 5.01. The van der Waals surface area contributed by atoms with Gasteiger partial charge in [0.05, 0.1) is 23.6 Å². The van der Waals surface area contributed by atoms with Gasteiger partial charge in [0, 0.05) is 39.2 Å². The third kappa shape index (κ3) is 5.34. The molecule has 0 radical (unpaired) electrons. The molecule has 2 aromatic rings. The smallest absolute Gasteiger partial charge is 0.272 e. The van der Waals surface area contributed by atoms with Gasteiger partial charge in [0.2, 0.25) is 11.8 Å². The minimum absolute atomic E-state index is 0.0584. The molecule has 0 spiro atoms. The molecule has 3 amide bonds. The lowest BCUT2D eigenvalue weighted by Gasteiger charge is -2.35. The topological polar surface area (TPSA) is 125 Å². The molecule has 1 atom stereocenters. The van der Waals surface area contributed by atoms with Gasteiger partial charge in [-0.25, -0.2) is 0 Å². The molecule has 0 aliphatic carbocycles. The number of H-pyrrole nitrogens is 1. The summed E-state index contributed by atoms with van der Waals surface area (Å²) in [7, 11) is 1.85. The largest absolute Gasteiger partial charge is 0.334 e. The lowest BCUT2D eigenvalue weighted by molar-refractivity contribution is -0.135. The Bertz CT molecular complexity index is 946. The van der Waals surface area contributed by atoms with E-state index >= 15 is 0 Å². The van der Waals surface area contributed by atoms with Crippen molar-refractivity contribution in [3.05, 3.63) is 42.0 Å². The summed E-state index contributed by atoms with van der Waals surface area (Å²) in [6.07, 6.45) is 7.55. The van der Waals surface area contributed by atoms with Crippen LogP contribution >= 0.6 is 0 Å². The molecule has 1 aliphatic heterocycles. The van der Waals surface area contributed by atoms with Gasteiger partial charge < -0.3 is 15.5 Å². The molecule has 3 rings (SSSR count). The fourth-order valence-electron chi connectivity index (χ4n) is 3.58. The Kier molecular flexibility index (Phi) is 6.65. The number of likely N-dealkylation sites (tertiary alicyclic amines) is 1. The Labute approximate surface area is 174 Å². The summed E-state index contributed by atoms with van der Waals surface area (Å²) in [6, 6.07) is 1.60. The number of hydrogen-bond donors (Lipinski definition) is 3. The molecule has 1 saturated heterocycles. The number of aryl methyl sites for hydroxylation is 2. The van der Waals surface area contributed by atoms with Crippen molar-refractivity contribution in [1.82, 2.24) is 30.2 Å². The minimum Gasteiger partial charge on any atom is -0.334 e. The number of anilines is 1. The third-order valence-electron chi connectivity index (χ3n) is 5.01. The second-order valence-corrected chi connectivity index (χ2v) is 7.44. The van der Waals surface area contributed by atoms with E-state index in [0.717, 1.165) is 30.5 Å². The highest BCUT2D eigenvalue weighted by molar-refractivity contribution is 6.04. The first-order chi connectivity index (χ1) is 14.3. The number of carbonyl (C=O) groups is 3. The normalized spacial score (nSPS) is 16.2. The maximum Gasteiger partial charge on any atom is 0.272 e. The number of piperidine rings is 1. The summed E-state index contributed by atoms with van der Waals surface area (Å²) in [5.74, 6) is -0.519. The van der Waals surface area contributed by atoms with Crippen LogP contribution in [0.3, 0.4) is 0 Å². The highest BCUT2D eigenvalue weighted by Crippen LogP contribution is 2.31. The number of nitrogens with zero attached hydrogens (tertiary/aromatic N) is 4. The number of nitrogens with one attached hydrogen (secondary N) is 3. The van der Waals surface area contributed by atoms with Crippen molar-refractivity contribution in [3.63, 3.8) is 0 Å². The number of carbonyl (C=O) groups excluding carboxylic acids is 3.